The van der Waals surface area contributed by atoms with Crippen molar-refractivity contribution in [2.45, 2.75) is 32.2 Å². The number of hydrogen-bond acceptors (Lipinski definition) is 8. The van der Waals surface area contributed by atoms with Crippen LogP contribution in [0.2, 0.25) is 0 Å². The van der Waals surface area contributed by atoms with Crippen molar-refractivity contribution in [2.75, 3.05) is 11.9 Å². The molecule has 0 aliphatic heterocycles. The molecular formula is C18H17N5O4S. The molecule has 144 valence electrons. The quantitative estimate of drug-likeness (QED) is 0.646. The van der Waals surface area contributed by atoms with Crippen LogP contribution in [-0.4, -0.2) is 38.5 Å². The van der Waals surface area contributed by atoms with Crippen LogP contribution < -0.4 is 10.9 Å². The van der Waals surface area contributed by atoms with Gasteiger partial charge in [-0.3, -0.25) is 14.4 Å². The van der Waals surface area contributed by atoms with E-state index >= 15 is 0 Å². The number of rotatable bonds is 5. The molecule has 1 atom stereocenters. The number of carbonyl (C=O) groups excluding carboxylic acids is 2. The molecule has 3 aromatic rings. The summed E-state index contributed by atoms with van der Waals surface area (Å²) >= 11 is 1.33. The minimum absolute atomic E-state index is 0.276. The zero-order valence-corrected chi connectivity index (χ0v) is 15.9. The van der Waals surface area contributed by atoms with Crippen molar-refractivity contribution < 1.29 is 14.3 Å². The first kappa shape index (κ1) is 18.2. The van der Waals surface area contributed by atoms with Crippen LogP contribution in [-0.2, 0) is 27.3 Å². The van der Waals surface area contributed by atoms with Gasteiger partial charge in [0.1, 0.15) is 18.0 Å². The number of benzene rings is 1. The maximum atomic E-state index is 12.4. The Morgan fingerprint density at radius 2 is 2.18 bits per heavy atom. The number of aromatic nitrogens is 4. The van der Waals surface area contributed by atoms with Gasteiger partial charge in [0, 0.05) is 4.88 Å². The summed E-state index contributed by atoms with van der Waals surface area (Å²) in [5, 5.41) is 11.2. The molecule has 0 spiro atoms. The van der Waals surface area contributed by atoms with Crippen molar-refractivity contribution >= 4 is 39.2 Å². The third kappa shape index (κ3) is 3.38. The summed E-state index contributed by atoms with van der Waals surface area (Å²) in [7, 11) is 0. The SMILES string of the molecule is CCOC(=O)[C@H]1CCc2sc(NC(=O)Cn3nnc4ccccc4c3=O)nc21. The molecule has 1 amide bonds. The lowest BCUT2D eigenvalue weighted by molar-refractivity contribution is -0.145. The lowest BCUT2D eigenvalue weighted by Gasteiger charge is -2.08. The Morgan fingerprint density at radius 3 is 3.00 bits per heavy atom. The summed E-state index contributed by atoms with van der Waals surface area (Å²) in [6.45, 7) is 1.81. The van der Waals surface area contributed by atoms with E-state index in [0.717, 1.165) is 16.0 Å². The Balaban J connectivity index is 1.48. The van der Waals surface area contributed by atoms with Crippen molar-refractivity contribution in [1.82, 2.24) is 20.0 Å². The van der Waals surface area contributed by atoms with Crippen molar-refractivity contribution in [1.29, 1.82) is 0 Å². The first-order valence-electron chi connectivity index (χ1n) is 8.85. The molecule has 0 fully saturated rings. The summed E-state index contributed by atoms with van der Waals surface area (Å²) < 4.78 is 6.10. The second kappa shape index (κ2) is 7.47. The van der Waals surface area contributed by atoms with E-state index in [1.165, 1.54) is 11.3 Å². The molecule has 1 aromatic carbocycles. The number of anilines is 1. The minimum Gasteiger partial charge on any atom is -0.465 e. The fourth-order valence-electron chi connectivity index (χ4n) is 3.17. The van der Waals surface area contributed by atoms with Crippen LogP contribution in [0.1, 0.15) is 29.8 Å². The van der Waals surface area contributed by atoms with Crippen LogP contribution in [0.25, 0.3) is 10.9 Å². The summed E-state index contributed by atoms with van der Waals surface area (Å²) in [5.74, 6) is -1.11. The van der Waals surface area contributed by atoms with Gasteiger partial charge in [-0.05, 0) is 31.9 Å². The number of hydrogen-bond donors (Lipinski definition) is 1. The Bertz CT molecular complexity index is 1120. The normalized spacial score (nSPS) is 15.4. The van der Waals surface area contributed by atoms with E-state index in [-0.39, 0.29) is 24.0 Å². The number of nitrogens with zero attached hydrogens (tertiary/aromatic N) is 4. The number of esters is 1. The van der Waals surface area contributed by atoms with E-state index in [4.69, 9.17) is 4.74 Å². The monoisotopic (exact) mass is 399 g/mol. The van der Waals surface area contributed by atoms with Gasteiger partial charge in [0.05, 0.1) is 17.7 Å². The molecule has 0 unspecified atom stereocenters. The first-order chi connectivity index (χ1) is 13.6. The second-order valence-corrected chi connectivity index (χ2v) is 7.37. The first-order valence-corrected chi connectivity index (χ1v) is 9.67. The van der Waals surface area contributed by atoms with Gasteiger partial charge in [0.2, 0.25) is 5.91 Å². The van der Waals surface area contributed by atoms with E-state index in [1.807, 2.05) is 0 Å². The zero-order chi connectivity index (χ0) is 19.7. The van der Waals surface area contributed by atoms with E-state index in [2.05, 4.69) is 20.6 Å². The fraction of sp³-hybridized carbons (Fsp3) is 0.333. The summed E-state index contributed by atoms with van der Waals surface area (Å²) in [6, 6.07) is 6.82. The van der Waals surface area contributed by atoms with Crippen LogP contribution >= 0.6 is 11.3 Å². The van der Waals surface area contributed by atoms with E-state index in [0.29, 0.717) is 34.8 Å². The van der Waals surface area contributed by atoms with E-state index in [1.54, 1.807) is 31.2 Å². The van der Waals surface area contributed by atoms with Gasteiger partial charge in [-0.25, -0.2) is 9.67 Å². The molecule has 0 radical (unpaired) electrons. The summed E-state index contributed by atoms with van der Waals surface area (Å²) in [5.41, 5.74) is 0.761. The summed E-state index contributed by atoms with van der Waals surface area (Å²) in [4.78, 5) is 42.2. The van der Waals surface area contributed by atoms with Crippen molar-refractivity contribution in [3.63, 3.8) is 0 Å². The molecule has 1 aliphatic carbocycles. The van der Waals surface area contributed by atoms with Crippen LogP contribution in [0.5, 0.6) is 0 Å². The van der Waals surface area contributed by atoms with Gasteiger partial charge < -0.3 is 10.1 Å². The number of carbonyl (C=O) groups is 2. The number of nitrogens with one attached hydrogen (secondary N) is 1. The Kier molecular flexibility index (Phi) is 4.86. The largest absolute Gasteiger partial charge is 0.465 e. The Hall–Kier alpha value is -3.14. The Labute approximate surface area is 163 Å². The molecule has 2 heterocycles. The van der Waals surface area contributed by atoms with Gasteiger partial charge in [-0.1, -0.05) is 17.3 Å². The number of fused-ring (bicyclic) bond motifs is 2. The molecule has 0 saturated heterocycles. The maximum Gasteiger partial charge on any atom is 0.315 e. The maximum absolute atomic E-state index is 12.4. The molecule has 28 heavy (non-hydrogen) atoms. The van der Waals surface area contributed by atoms with Gasteiger partial charge in [-0.15, -0.1) is 16.4 Å². The number of ether oxygens (including phenoxy) is 1. The standard InChI is InChI=1S/C18H17N5O4S/c1-2-27-17(26)11-7-8-13-15(11)20-18(28-13)19-14(24)9-23-16(25)10-5-3-4-6-12(10)21-22-23/h3-6,11H,2,7-9H2,1H3,(H,19,20,24)/t11-/m0/s1. The smallest absolute Gasteiger partial charge is 0.315 e. The molecule has 0 bridgehead atoms. The number of amides is 1. The molecule has 0 saturated carbocycles. The number of aryl methyl sites for hydroxylation is 1. The molecular weight excluding hydrogens is 382 g/mol. The number of thiazole rings is 1. The lowest BCUT2D eigenvalue weighted by Crippen LogP contribution is -2.30. The predicted molar refractivity (Wildman–Crippen MR) is 102 cm³/mol. The van der Waals surface area contributed by atoms with Gasteiger partial charge in [0.25, 0.3) is 5.56 Å². The fourth-order valence-corrected chi connectivity index (χ4v) is 4.23. The minimum atomic E-state index is -0.438. The third-order valence-corrected chi connectivity index (χ3v) is 5.50. The van der Waals surface area contributed by atoms with E-state index < -0.39 is 5.91 Å². The zero-order valence-electron chi connectivity index (χ0n) is 15.0. The highest BCUT2D eigenvalue weighted by Crippen LogP contribution is 2.38. The van der Waals surface area contributed by atoms with Crippen molar-refractivity contribution in [3.8, 4) is 0 Å². The molecule has 4 rings (SSSR count). The van der Waals surface area contributed by atoms with Crippen molar-refractivity contribution in [3.05, 3.63) is 45.2 Å². The highest BCUT2D eigenvalue weighted by molar-refractivity contribution is 7.16. The third-order valence-electron chi connectivity index (χ3n) is 4.46. The lowest BCUT2D eigenvalue weighted by atomic mass is 10.1. The predicted octanol–water partition coefficient (Wildman–Crippen LogP) is 1.48. The van der Waals surface area contributed by atoms with Gasteiger partial charge in [0.15, 0.2) is 5.13 Å². The van der Waals surface area contributed by atoms with E-state index in [9.17, 15) is 14.4 Å². The van der Waals surface area contributed by atoms with Crippen LogP contribution in [0.15, 0.2) is 29.1 Å². The van der Waals surface area contributed by atoms with Crippen LogP contribution in [0.3, 0.4) is 0 Å². The van der Waals surface area contributed by atoms with Gasteiger partial charge in [-0.2, -0.15) is 0 Å². The highest BCUT2D eigenvalue weighted by atomic mass is 32.1. The molecule has 9 nitrogen and oxygen atoms in total. The van der Waals surface area contributed by atoms with Crippen molar-refractivity contribution in [2.24, 2.45) is 0 Å². The van der Waals surface area contributed by atoms with Crippen LogP contribution in [0, 0.1) is 0 Å². The highest BCUT2D eigenvalue weighted by Gasteiger charge is 2.33. The Morgan fingerprint density at radius 1 is 1.36 bits per heavy atom. The molecule has 2 aromatic heterocycles. The van der Waals surface area contributed by atoms with Gasteiger partial charge >= 0.3 is 5.97 Å². The summed E-state index contributed by atoms with van der Waals surface area (Å²) in [6.07, 6.45) is 1.39. The topological polar surface area (TPSA) is 116 Å². The second-order valence-electron chi connectivity index (χ2n) is 6.29. The molecule has 1 N–H and O–H groups in total. The average Bonchev–Trinajstić information content (AvgIpc) is 3.24. The average molecular weight is 399 g/mol. The molecule has 1 aliphatic rings. The van der Waals surface area contributed by atoms with Crippen LogP contribution in [0.4, 0.5) is 5.13 Å². The molecule has 10 heteroatoms.